The minimum Gasteiger partial charge on any atom is -0.396 e. The lowest BCUT2D eigenvalue weighted by Gasteiger charge is -1.97. The van der Waals surface area contributed by atoms with E-state index in [0.29, 0.717) is 0 Å². The first kappa shape index (κ1) is 9.42. The molecule has 1 heterocycles. The van der Waals surface area contributed by atoms with Crippen molar-refractivity contribution in [3.8, 4) is 0 Å². The molecule has 1 rings (SSSR count). The highest BCUT2D eigenvalue weighted by Gasteiger charge is 1.94. The van der Waals surface area contributed by atoms with Crippen molar-refractivity contribution in [3.05, 3.63) is 23.2 Å². The number of rotatable bonds is 4. The average molecular weight is 187 g/mol. The molecule has 0 unspecified atom stereocenters. The lowest BCUT2D eigenvalue weighted by Crippen LogP contribution is -1.91. The molecule has 3 nitrogen and oxygen atoms in total. The molecule has 0 aliphatic rings. The van der Waals surface area contributed by atoms with Gasteiger partial charge in [-0.3, -0.25) is 0 Å². The zero-order valence-corrected chi connectivity index (χ0v) is 7.46. The Morgan fingerprint density at radius 2 is 1.92 bits per heavy atom. The number of unbranched alkanes of at least 4 members (excludes halogenated alkanes) is 1. The van der Waals surface area contributed by atoms with Crippen LogP contribution in [0.2, 0.25) is 5.28 Å². The van der Waals surface area contributed by atoms with Crippen LogP contribution in [0.15, 0.2) is 12.4 Å². The summed E-state index contributed by atoms with van der Waals surface area (Å²) in [5.41, 5.74) is 1.06. The molecule has 1 aromatic rings. The topological polar surface area (TPSA) is 46.0 Å². The Morgan fingerprint density at radius 3 is 2.50 bits per heavy atom. The summed E-state index contributed by atoms with van der Waals surface area (Å²) in [5.74, 6) is 0. The molecule has 4 heteroatoms. The lowest BCUT2D eigenvalue weighted by atomic mass is 10.1. The fraction of sp³-hybridized carbons (Fsp3) is 0.500. The minimum absolute atomic E-state index is 0.244. The largest absolute Gasteiger partial charge is 0.396 e. The maximum Gasteiger partial charge on any atom is 0.222 e. The number of hydrogen-bond donors (Lipinski definition) is 1. The van der Waals surface area contributed by atoms with Crippen LogP contribution in [0.3, 0.4) is 0 Å². The fourth-order valence-corrected chi connectivity index (χ4v) is 1.01. The Hall–Kier alpha value is -0.670. The number of aryl methyl sites for hydroxylation is 1. The Morgan fingerprint density at radius 1 is 1.25 bits per heavy atom. The van der Waals surface area contributed by atoms with Gasteiger partial charge in [0.05, 0.1) is 0 Å². The molecular formula is C8H11ClN2O. The molecule has 1 aromatic heterocycles. The van der Waals surface area contributed by atoms with Gasteiger partial charge in [0.15, 0.2) is 0 Å². The first-order valence-electron chi connectivity index (χ1n) is 3.90. The standard InChI is InChI=1S/C8H11ClN2O/c9-8-10-5-7(6-11-8)3-1-2-4-12/h5-6,12H,1-4H2. The van der Waals surface area contributed by atoms with Crippen molar-refractivity contribution in [2.24, 2.45) is 0 Å². The van der Waals surface area contributed by atoms with Crippen molar-refractivity contribution < 1.29 is 5.11 Å². The van der Waals surface area contributed by atoms with Gasteiger partial charge < -0.3 is 5.11 Å². The second-order valence-electron chi connectivity index (χ2n) is 2.54. The highest BCUT2D eigenvalue weighted by molar-refractivity contribution is 6.28. The summed E-state index contributed by atoms with van der Waals surface area (Å²) in [4.78, 5) is 7.70. The zero-order valence-electron chi connectivity index (χ0n) is 6.70. The molecular weight excluding hydrogens is 176 g/mol. The van der Waals surface area contributed by atoms with Crippen LogP contribution in [0.1, 0.15) is 18.4 Å². The summed E-state index contributed by atoms with van der Waals surface area (Å²) < 4.78 is 0. The molecule has 0 atom stereocenters. The van der Waals surface area contributed by atoms with E-state index in [1.165, 1.54) is 0 Å². The third-order valence-corrected chi connectivity index (χ3v) is 1.74. The Bertz CT molecular complexity index is 225. The molecule has 0 aromatic carbocycles. The third kappa shape index (κ3) is 3.15. The predicted molar refractivity (Wildman–Crippen MR) is 47.1 cm³/mol. The maximum atomic E-state index is 8.54. The van der Waals surface area contributed by atoms with Crippen LogP contribution in [-0.2, 0) is 6.42 Å². The van der Waals surface area contributed by atoms with Gasteiger partial charge in [0.25, 0.3) is 0 Å². The van der Waals surface area contributed by atoms with Gasteiger partial charge in [-0.2, -0.15) is 0 Å². The first-order chi connectivity index (χ1) is 5.83. The number of aromatic nitrogens is 2. The van der Waals surface area contributed by atoms with E-state index >= 15 is 0 Å². The second-order valence-corrected chi connectivity index (χ2v) is 2.88. The van der Waals surface area contributed by atoms with Gasteiger partial charge in [0, 0.05) is 19.0 Å². The average Bonchev–Trinajstić information content (AvgIpc) is 2.09. The van der Waals surface area contributed by atoms with Crippen LogP contribution < -0.4 is 0 Å². The molecule has 0 saturated carbocycles. The number of aliphatic hydroxyl groups is 1. The molecule has 66 valence electrons. The summed E-state index contributed by atoms with van der Waals surface area (Å²) >= 11 is 5.51. The number of hydrogen-bond acceptors (Lipinski definition) is 3. The van der Waals surface area contributed by atoms with Gasteiger partial charge in [-0.15, -0.1) is 0 Å². The Kier molecular flexibility index (Phi) is 3.97. The van der Waals surface area contributed by atoms with Crippen LogP contribution >= 0.6 is 11.6 Å². The molecule has 0 saturated heterocycles. The van der Waals surface area contributed by atoms with Gasteiger partial charge in [0.2, 0.25) is 5.28 Å². The smallest absolute Gasteiger partial charge is 0.222 e. The van der Waals surface area contributed by atoms with Crippen LogP contribution in [0, 0.1) is 0 Å². The summed E-state index contributed by atoms with van der Waals surface area (Å²) in [6.07, 6.45) is 6.11. The van der Waals surface area contributed by atoms with Gasteiger partial charge in [-0.25, -0.2) is 9.97 Å². The van der Waals surface area contributed by atoms with Gasteiger partial charge in [-0.05, 0) is 36.4 Å². The molecule has 0 aliphatic heterocycles. The van der Waals surface area contributed by atoms with Crippen molar-refractivity contribution in [3.63, 3.8) is 0 Å². The Labute approximate surface area is 76.4 Å². The SMILES string of the molecule is OCCCCc1cnc(Cl)nc1. The molecule has 0 radical (unpaired) electrons. The van der Waals surface area contributed by atoms with E-state index in [9.17, 15) is 0 Å². The van der Waals surface area contributed by atoms with E-state index in [1.807, 2.05) is 0 Å². The molecule has 0 spiro atoms. The van der Waals surface area contributed by atoms with Crippen molar-refractivity contribution in [2.75, 3.05) is 6.61 Å². The van der Waals surface area contributed by atoms with Crippen molar-refractivity contribution in [1.82, 2.24) is 9.97 Å². The third-order valence-electron chi connectivity index (χ3n) is 1.55. The summed E-state index contributed by atoms with van der Waals surface area (Å²) in [6.45, 7) is 0.244. The molecule has 12 heavy (non-hydrogen) atoms. The normalized spacial score (nSPS) is 10.2. The molecule has 0 amide bonds. The number of halogens is 1. The quantitative estimate of drug-likeness (QED) is 0.572. The molecule has 0 aliphatic carbocycles. The summed E-state index contributed by atoms with van der Waals surface area (Å²) in [6, 6.07) is 0. The second kappa shape index (κ2) is 5.06. The first-order valence-corrected chi connectivity index (χ1v) is 4.28. The van der Waals surface area contributed by atoms with Gasteiger partial charge >= 0.3 is 0 Å². The number of nitrogens with zero attached hydrogens (tertiary/aromatic N) is 2. The lowest BCUT2D eigenvalue weighted by molar-refractivity contribution is 0.284. The van der Waals surface area contributed by atoms with E-state index in [1.54, 1.807) is 12.4 Å². The van der Waals surface area contributed by atoms with Gasteiger partial charge in [0.1, 0.15) is 0 Å². The molecule has 1 N–H and O–H groups in total. The van der Waals surface area contributed by atoms with Crippen LogP contribution in [0.5, 0.6) is 0 Å². The summed E-state index contributed by atoms with van der Waals surface area (Å²) in [7, 11) is 0. The summed E-state index contributed by atoms with van der Waals surface area (Å²) in [5, 5.41) is 8.81. The van der Waals surface area contributed by atoms with Crippen LogP contribution in [0.25, 0.3) is 0 Å². The fourth-order valence-electron chi connectivity index (χ4n) is 0.909. The monoisotopic (exact) mass is 186 g/mol. The van der Waals surface area contributed by atoms with Crippen molar-refractivity contribution in [1.29, 1.82) is 0 Å². The van der Waals surface area contributed by atoms with Crippen LogP contribution in [0.4, 0.5) is 0 Å². The van der Waals surface area contributed by atoms with Crippen molar-refractivity contribution >= 4 is 11.6 Å². The van der Waals surface area contributed by atoms with E-state index in [0.717, 1.165) is 24.8 Å². The highest BCUT2D eigenvalue weighted by atomic mass is 35.5. The highest BCUT2D eigenvalue weighted by Crippen LogP contribution is 2.04. The zero-order chi connectivity index (χ0) is 8.81. The van der Waals surface area contributed by atoms with E-state index < -0.39 is 0 Å². The Balaban J connectivity index is 2.37. The van der Waals surface area contributed by atoms with Gasteiger partial charge in [-0.1, -0.05) is 0 Å². The predicted octanol–water partition coefficient (Wildman–Crippen LogP) is 1.44. The van der Waals surface area contributed by atoms with Crippen molar-refractivity contribution in [2.45, 2.75) is 19.3 Å². The van der Waals surface area contributed by atoms with E-state index in [-0.39, 0.29) is 11.9 Å². The number of aliphatic hydroxyl groups excluding tert-OH is 1. The maximum absolute atomic E-state index is 8.54. The minimum atomic E-state index is 0.244. The van der Waals surface area contributed by atoms with Crippen LogP contribution in [-0.4, -0.2) is 21.7 Å². The molecule has 0 bridgehead atoms. The van der Waals surface area contributed by atoms with E-state index in [4.69, 9.17) is 16.7 Å². The molecule has 0 fully saturated rings. The van der Waals surface area contributed by atoms with E-state index in [2.05, 4.69) is 9.97 Å².